The summed E-state index contributed by atoms with van der Waals surface area (Å²) < 4.78 is 0. The van der Waals surface area contributed by atoms with Crippen LogP contribution in [0.3, 0.4) is 0 Å². The van der Waals surface area contributed by atoms with Crippen LogP contribution < -0.4 is 10.6 Å². The SMILES string of the molecule is CC[C@H](NC(=O)CCC(=O)NC1CCCCCCC1)c1ccncc1. The van der Waals surface area contributed by atoms with E-state index in [-0.39, 0.29) is 36.7 Å². The summed E-state index contributed by atoms with van der Waals surface area (Å²) in [6, 6.07) is 4.09. The lowest BCUT2D eigenvalue weighted by molar-refractivity contribution is -0.127. The van der Waals surface area contributed by atoms with Gasteiger partial charge in [0.25, 0.3) is 0 Å². The van der Waals surface area contributed by atoms with E-state index in [4.69, 9.17) is 0 Å². The first-order valence-corrected chi connectivity index (χ1v) is 9.67. The third kappa shape index (κ3) is 7.24. The van der Waals surface area contributed by atoms with E-state index < -0.39 is 0 Å². The number of hydrogen-bond donors (Lipinski definition) is 2. The predicted octanol–water partition coefficient (Wildman–Crippen LogP) is 3.66. The lowest BCUT2D eigenvalue weighted by Crippen LogP contribution is -2.36. The Morgan fingerprint density at radius 3 is 2.28 bits per heavy atom. The Hall–Kier alpha value is -1.91. The maximum Gasteiger partial charge on any atom is 0.220 e. The predicted molar refractivity (Wildman–Crippen MR) is 98.9 cm³/mol. The van der Waals surface area contributed by atoms with E-state index in [2.05, 4.69) is 15.6 Å². The summed E-state index contributed by atoms with van der Waals surface area (Å²) in [6.07, 6.45) is 13.1. The third-order valence-corrected chi connectivity index (χ3v) is 4.90. The molecule has 5 heteroatoms. The molecule has 0 aliphatic heterocycles. The van der Waals surface area contributed by atoms with Crippen LogP contribution in [0.2, 0.25) is 0 Å². The molecule has 0 radical (unpaired) electrons. The van der Waals surface area contributed by atoms with Crippen molar-refractivity contribution in [1.29, 1.82) is 0 Å². The molecule has 138 valence electrons. The first kappa shape index (κ1) is 19.4. The van der Waals surface area contributed by atoms with Crippen LogP contribution in [0.1, 0.15) is 82.7 Å². The van der Waals surface area contributed by atoms with Gasteiger partial charge in [-0.15, -0.1) is 0 Å². The number of rotatable bonds is 7. The Bertz CT molecular complexity index is 525. The van der Waals surface area contributed by atoms with E-state index in [1.165, 1.54) is 32.1 Å². The molecular weight excluding hydrogens is 314 g/mol. The number of amides is 2. The van der Waals surface area contributed by atoms with Gasteiger partial charge in [-0.1, -0.05) is 39.0 Å². The number of hydrogen-bond acceptors (Lipinski definition) is 3. The highest BCUT2D eigenvalue weighted by molar-refractivity contribution is 5.84. The van der Waals surface area contributed by atoms with Crippen LogP contribution in [0.5, 0.6) is 0 Å². The van der Waals surface area contributed by atoms with Gasteiger partial charge in [-0.25, -0.2) is 0 Å². The number of nitrogens with one attached hydrogen (secondary N) is 2. The molecule has 1 atom stereocenters. The van der Waals surface area contributed by atoms with Gasteiger partial charge in [-0.3, -0.25) is 14.6 Å². The number of carbonyl (C=O) groups is 2. The van der Waals surface area contributed by atoms with Crippen LogP contribution in [0.4, 0.5) is 0 Å². The number of pyridine rings is 1. The van der Waals surface area contributed by atoms with E-state index in [1.54, 1.807) is 12.4 Å². The van der Waals surface area contributed by atoms with Crippen molar-refractivity contribution in [2.24, 2.45) is 0 Å². The molecule has 0 saturated heterocycles. The Morgan fingerprint density at radius 1 is 1.04 bits per heavy atom. The topological polar surface area (TPSA) is 71.1 Å². The molecule has 1 saturated carbocycles. The second kappa shape index (κ2) is 10.9. The zero-order valence-electron chi connectivity index (χ0n) is 15.3. The average Bonchev–Trinajstić information content (AvgIpc) is 2.61. The Balaban J connectivity index is 1.72. The summed E-state index contributed by atoms with van der Waals surface area (Å²) in [6.45, 7) is 2.03. The molecule has 1 aliphatic carbocycles. The monoisotopic (exact) mass is 345 g/mol. The van der Waals surface area contributed by atoms with Crippen molar-refractivity contribution in [3.05, 3.63) is 30.1 Å². The fraction of sp³-hybridized carbons (Fsp3) is 0.650. The van der Waals surface area contributed by atoms with Crippen molar-refractivity contribution in [2.45, 2.75) is 83.2 Å². The third-order valence-electron chi connectivity index (χ3n) is 4.90. The zero-order chi connectivity index (χ0) is 17.9. The Morgan fingerprint density at radius 2 is 1.64 bits per heavy atom. The van der Waals surface area contributed by atoms with Crippen LogP contribution in [-0.2, 0) is 9.59 Å². The summed E-state index contributed by atoms with van der Waals surface area (Å²) in [5.41, 5.74) is 1.05. The van der Waals surface area contributed by atoms with Crippen LogP contribution in [0.15, 0.2) is 24.5 Å². The van der Waals surface area contributed by atoms with E-state index >= 15 is 0 Å². The van der Waals surface area contributed by atoms with Crippen molar-refractivity contribution in [3.8, 4) is 0 Å². The van der Waals surface area contributed by atoms with Gasteiger partial charge >= 0.3 is 0 Å². The first-order valence-electron chi connectivity index (χ1n) is 9.67. The molecular formula is C20H31N3O2. The fourth-order valence-electron chi connectivity index (χ4n) is 3.41. The molecule has 2 N–H and O–H groups in total. The molecule has 5 nitrogen and oxygen atoms in total. The normalized spacial score (nSPS) is 17.2. The summed E-state index contributed by atoms with van der Waals surface area (Å²) in [5.74, 6) is -0.0749. The van der Waals surface area contributed by atoms with Crippen LogP contribution in [0.25, 0.3) is 0 Å². The smallest absolute Gasteiger partial charge is 0.220 e. The molecule has 1 aromatic heterocycles. The number of nitrogens with zero attached hydrogens (tertiary/aromatic N) is 1. The summed E-state index contributed by atoms with van der Waals surface area (Å²) in [5, 5.41) is 6.13. The maximum atomic E-state index is 12.2. The average molecular weight is 345 g/mol. The lowest BCUT2D eigenvalue weighted by Gasteiger charge is -2.21. The zero-order valence-corrected chi connectivity index (χ0v) is 15.3. The molecule has 1 heterocycles. The van der Waals surface area contributed by atoms with Gasteiger partial charge in [0.1, 0.15) is 0 Å². The van der Waals surface area contributed by atoms with E-state index in [9.17, 15) is 9.59 Å². The van der Waals surface area contributed by atoms with Gasteiger partial charge in [-0.05, 0) is 37.0 Å². The van der Waals surface area contributed by atoms with Gasteiger partial charge < -0.3 is 10.6 Å². The van der Waals surface area contributed by atoms with Crippen molar-refractivity contribution in [2.75, 3.05) is 0 Å². The minimum Gasteiger partial charge on any atom is -0.353 e. The van der Waals surface area contributed by atoms with Gasteiger partial charge in [-0.2, -0.15) is 0 Å². The van der Waals surface area contributed by atoms with Crippen LogP contribution in [-0.4, -0.2) is 22.8 Å². The van der Waals surface area contributed by atoms with Crippen molar-refractivity contribution < 1.29 is 9.59 Å². The molecule has 1 aromatic rings. The molecule has 2 rings (SSSR count). The highest BCUT2D eigenvalue weighted by atomic mass is 16.2. The molecule has 1 aliphatic rings. The summed E-state index contributed by atoms with van der Waals surface area (Å²) >= 11 is 0. The Kier molecular flexibility index (Phi) is 8.43. The first-order chi connectivity index (χ1) is 12.2. The molecule has 2 amide bonds. The number of aromatic nitrogens is 1. The molecule has 0 bridgehead atoms. The van der Waals surface area contributed by atoms with E-state index in [0.29, 0.717) is 0 Å². The second-order valence-electron chi connectivity index (χ2n) is 6.92. The van der Waals surface area contributed by atoms with Crippen molar-refractivity contribution in [1.82, 2.24) is 15.6 Å². The van der Waals surface area contributed by atoms with Crippen LogP contribution in [0, 0.1) is 0 Å². The fourth-order valence-corrected chi connectivity index (χ4v) is 3.41. The van der Waals surface area contributed by atoms with Crippen molar-refractivity contribution in [3.63, 3.8) is 0 Å². The molecule has 0 spiro atoms. The van der Waals surface area contributed by atoms with Gasteiger partial charge in [0, 0.05) is 31.3 Å². The van der Waals surface area contributed by atoms with Gasteiger partial charge in [0.15, 0.2) is 0 Å². The molecule has 1 fully saturated rings. The van der Waals surface area contributed by atoms with Crippen LogP contribution >= 0.6 is 0 Å². The van der Waals surface area contributed by atoms with Gasteiger partial charge in [0.2, 0.25) is 11.8 Å². The minimum absolute atomic E-state index is 0.00215. The minimum atomic E-state index is -0.0727. The highest BCUT2D eigenvalue weighted by Crippen LogP contribution is 2.18. The molecule has 0 unspecified atom stereocenters. The Labute approximate surface area is 151 Å². The highest BCUT2D eigenvalue weighted by Gasteiger charge is 2.16. The quantitative estimate of drug-likeness (QED) is 0.792. The lowest BCUT2D eigenvalue weighted by atomic mass is 9.96. The molecule has 0 aromatic carbocycles. The molecule has 25 heavy (non-hydrogen) atoms. The van der Waals surface area contributed by atoms with E-state index in [1.807, 2.05) is 19.1 Å². The number of carbonyl (C=O) groups excluding carboxylic acids is 2. The standard InChI is InChI=1S/C20H31N3O2/c1-2-18(16-12-14-21-15-13-16)23-20(25)11-10-19(24)22-17-8-6-4-3-5-7-9-17/h12-15,17-18H,2-11H2,1H3,(H,22,24)(H,23,25)/t18-/m0/s1. The summed E-state index contributed by atoms with van der Waals surface area (Å²) in [4.78, 5) is 28.3. The summed E-state index contributed by atoms with van der Waals surface area (Å²) in [7, 11) is 0. The largest absolute Gasteiger partial charge is 0.353 e. The van der Waals surface area contributed by atoms with Crippen molar-refractivity contribution >= 4 is 11.8 Å². The second-order valence-corrected chi connectivity index (χ2v) is 6.92. The van der Waals surface area contributed by atoms with Gasteiger partial charge in [0.05, 0.1) is 6.04 Å². The maximum absolute atomic E-state index is 12.2. The van der Waals surface area contributed by atoms with E-state index in [0.717, 1.165) is 24.8 Å².